The molecule has 5 heteroatoms. The van der Waals surface area contributed by atoms with Crippen LogP contribution >= 0.6 is 0 Å². The normalized spacial score (nSPS) is 12.6. The molecule has 0 saturated heterocycles. The predicted octanol–water partition coefficient (Wildman–Crippen LogP) is 1.81. The van der Waals surface area contributed by atoms with E-state index in [-0.39, 0.29) is 11.9 Å². The summed E-state index contributed by atoms with van der Waals surface area (Å²) >= 11 is 0. The van der Waals surface area contributed by atoms with E-state index in [4.69, 9.17) is 0 Å². The Morgan fingerprint density at radius 3 is 2.94 bits per heavy atom. The molecule has 4 nitrogen and oxygen atoms in total. The molecular weight excluding hydrogens is 219 g/mol. The van der Waals surface area contributed by atoms with E-state index in [2.05, 4.69) is 15.4 Å². The van der Waals surface area contributed by atoms with Gasteiger partial charge >= 0.3 is 0 Å². The standard InChI is InChI=1S/C12H15FN4/c1-9(10-5-11(13)7-14-6-10)15-8-12-3-4-16-17(12)2/h3-7,9,15H,8H2,1-2H3. The third-order valence-electron chi connectivity index (χ3n) is 2.74. The van der Waals surface area contributed by atoms with Gasteiger partial charge in [-0.15, -0.1) is 0 Å². The van der Waals surface area contributed by atoms with Crippen molar-refractivity contribution < 1.29 is 4.39 Å². The lowest BCUT2D eigenvalue weighted by Crippen LogP contribution is -2.20. The minimum absolute atomic E-state index is 0.0492. The van der Waals surface area contributed by atoms with E-state index in [0.29, 0.717) is 6.54 Å². The maximum Gasteiger partial charge on any atom is 0.141 e. The fourth-order valence-electron chi connectivity index (χ4n) is 1.62. The van der Waals surface area contributed by atoms with E-state index in [0.717, 1.165) is 11.3 Å². The first-order valence-corrected chi connectivity index (χ1v) is 5.47. The van der Waals surface area contributed by atoms with Crippen molar-refractivity contribution in [1.82, 2.24) is 20.1 Å². The second kappa shape index (κ2) is 5.05. The van der Waals surface area contributed by atoms with Gasteiger partial charge in [-0.3, -0.25) is 9.67 Å². The third kappa shape index (κ3) is 2.88. The Morgan fingerprint density at radius 1 is 1.47 bits per heavy atom. The molecule has 0 aliphatic heterocycles. The summed E-state index contributed by atoms with van der Waals surface area (Å²) in [5.41, 5.74) is 1.92. The maximum atomic E-state index is 13.0. The molecule has 17 heavy (non-hydrogen) atoms. The van der Waals surface area contributed by atoms with Crippen LogP contribution in [0.4, 0.5) is 4.39 Å². The summed E-state index contributed by atoms with van der Waals surface area (Å²) in [6, 6.07) is 3.49. The van der Waals surface area contributed by atoms with Gasteiger partial charge in [-0.1, -0.05) is 0 Å². The molecule has 2 heterocycles. The van der Waals surface area contributed by atoms with Crippen LogP contribution in [0.1, 0.15) is 24.2 Å². The monoisotopic (exact) mass is 234 g/mol. The fraction of sp³-hybridized carbons (Fsp3) is 0.333. The van der Waals surface area contributed by atoms with E-state index in [1.165, 1.54) is 12.3 Å². The highest BCUT2D eigenvalue weighted by Gasteiger charge is 2.07. The maximum absolute atomic E-state index is 13.0. The molecule has 2 aromatic heterocycles. The molecule has 0 aliphatic carbocycles. The molecule has 0 aromatic carbocycles. The first kappa shape index (κ1) is 11.7. The number of aromatic nitrogens is 3. The topological polar surface area (TPSA) is 42.7 Å². The van der Waals surface area contributed by atoms with Crippen LogP contribution in [0.25, 0.3) is 0 Å². The number of nitrogens with zero attached hydrogens (tertiary/aromatic N) is 3. The molecule has 1 atom stereocenters. The minimum Gasteiger partial charge on any atom is -0.305 e. The summed E-state index contributed by atoms with van der Waals surface area (Å²) in [5, 5.41) is 7.39. The van der Waals surface area contributed by atoms with Gasteiger partial charge in [0.2, 0.25) is 0 Å². The zero-order chi connectivity index (χ0) is 12.3. The lowest BCUT2D eigenvalue weighted by Gasteiger charge is -2.13. The van der Waals surface area contributed by atoms with Gasteiger partial charge in [0.15, 0.2) is 0 Å². The zero-order valence-electron chi connectivity index (χ0n) is 9.89. The smallest absolute Gasteiger partial charge is 0.141 e. The Balaban J connectivity index is 1.98. The van der Waals surface area contributed by atoms with Gasteiger partial charge < -0.3 is 5.32 Å². The second-order valence-corrected chi connectivity index (χ2v) is 3.99. The number of halogens is 1. The quantitative estimate of drug-likeness (QED) is 0.877. The van der Waals surface area contributed by atoms with Crippen LogP contribution in [0.15, 0.2) is 30.7 Å². The molecule has 1 N–H and O–H groups in total. The van der Waals surface area contributed by atoms with Crippen LogP contribution < -0.4 is 5.32 Å². The summed E-state index contributed by atoms with van der Waals surface area (Å²) in [7, 11) is 1.89. The molecule has 0 radical (unpaired) electrons. The zero-order valence-corrected chi connectivity index (χ0v) is 9.89. The summed E-state index contributed by atoms with van der Waals surface area (Å²) in [6.45, 7) is 2.67. The Bertz CT molecular complexity index is 495. The molecule has 0 fully saturated rings. The van der Waals surface area contributed by atoms with Crippen LogP contribution in [-0.4, -0.2) is 14.8 Å². The molecule has 0 spiro atoms. The first-order valence-electron chi connectivity index (χ1n) is 5.47. The van der Waals surface area contributed by atoms with Gasteiger partial charge in [0.25, 0.3) is 0 Å². The molecule has 0 saturated carbocycles. The van der Waals surface area contributed by atoms with Gasteiger partial charge in [0.05, 0.1) is 11.9 Å². The van der Waals surface area contributed by atoms with Crippen molar-refractivity contribution in [3.05, 3.63) is 47.8 Å². The van der Waals surface area contributed by atoms with Gasteiger partial charge in [-0.25, -0.2) is 4.39 Å². The largest absolute Gasteiger partial charge is 0.305 e. The summed E-state index contributed by atoms with van der Waals surface area (Å²) in [6.07, 6.45) is 4.63. The Morgan fingerprint density at radius 2 is 2.29 bits per heavy atom. The van der Waals surface area contributed by atoms with E-state index in [9.17, 15) is 4.39 Å². The van der Waals surface area contributed by atoms with Crippen molar-refractivity contribution in [3.63, 3.8) is 0 Å². The minimum atomic E-state index is -0.309. The summed E-state index contributed by atoms with van der Waals surface area (Å²) in [4.78, 5) is 3.84. The van der Waals surface area contributed by atoms with E-state index >= 15 is 0 Å². The summed E-state index contributed by atoms with van der Waals surface area (Å²) in [5.74, 6) is -0.309. The lowest BCUT2D eigenvalue weighted by atomic mass is 10.1. The number of aryl methyl sites for hydroxylation is 1. The highest BCUT2D eigenvalue weighted by atomic mass is 19.1. The Kier molecular flexibility index (Phi) is 3.49. The molecule has 0 bridgehead atoms. The fourth-order valence-corrected chi connectivity index (χ4v) is 1.62. The van der Waals surface area contributed by atoms with E-state index in [1.807, 2.05) is 24.7 Å². The van der Waals surface area contributed by atoms with Crippen molar-refractivity contribution in [3.8, 4) is 0 Å². The second-order valence-electron chi connectivity index (χ2n) is 3.99. The van der Waals surface area contributed by atoms with Crippen LogP contribution in [0.5, 0.6) is 0 Å². The third-order valence-corrected chi connectivity index (χ3v) is 2.74. The SMILES string of the molecule is CC(NCc1ccnn1C)c1cncc(F)c1. The van der Waals surface area contributed by atoms with Crippen molar-refractivity contribution in [2.45, 2.75) is 19.5 Å². The lowest BCUT2D eigenvalue weighted by molar-refractivity contribution is 0.540. The number of hydrogen-bond donors (Lipinski definition) is 1. The molecule has 2 rings (SSSR count). The molecule has 0 amide bonds. The Labute approximate surface area is 99.5 Å². The van der Waals surface area contributed by atoms with Crippen molar-refractivity contribution in [1.29, 1.82) is 0 Å². The number of rotatable bonds is 4. The summed E-state index contributed by atoms with van der Waals surface area (Å²) < 4.78 is 14.8. The van der Waals surface area contributed by atoms with Crippen molar-refractivity contribution in [2.24, 2.45) is 7.05 Å². The number of pyridine rings is 1. The molecular formula is C12H15FN4. The molecule has 2 aromatic rings. The van der Waals surface area contributed by atoms with Crippen LogP contribution in [0.3, 0.4) is 0 Å². The van der Waals surface area contributed by atoms with Crippen LogP contribution in [0, 0.1) is 5.82 Å². The van der Waals surface area contributed by atoms with Crippen molar-refractivity contribution in [2.75, 3.05) is 0 Å². The van der Waals surface area contributed by atoms with Crippen LogP contribution in [0.2, 0.25) is 0 Å². The highest BCUT2D eigenvalue weighted by Crippen LogP contribution is 2.12. The number of nitrogens with one attached hydrogen (secondary N) is 1. The first-order chi connectivity index (χ1) is 8.16. The van der Waals surface area contributed by atoms with E-state index in [1.54, 1.807) is 12.4 Å². The molecule has 90 valence electrons. The molecule has 0 aliphatic rings. The van der Waals surface area contributed by atoms with Gasteiger partial charge in [0.1, 0.15) is 5.82 Å². The number of hydrogen-bond acceptors (Lipinski definition) is 3. The predicted molar refractivity (Wildman–Crippen MR) is 62.7 cm³/mol. The highest BCUT2D eigenvalue weighted by molar-refractivity contribution is 5.14. The van der Waals surface area contributed by atoms with Gasteiger partial charge in [-0.05, 0) is 24.6 Å². The Hall–Kier alpha value is -1.75. The van der Waals surface area contributed by atoms with Gasteiger partial charge in [-0.2, -0.15) is 5.10 Å². The van der Waals surface area contributed by atoms with Crippen molar-refractivity contribution >= 4 is 0 Å². The average molecular weight is 234 g/mol. The molecule has 1 unspecified atom stereocenters. The van der Waals surface area contributed by atoms with Crippen LogP contribution in [-0.2, 0) is 13.6 Å². The van der Waals surface area contributed by atoms with E-state index < -0.39 is 0 Å². The average Bonchev–Trinajstić information content (AvgIpc) is 2.72. The van der Waals surface area contributed by atoms with Gasteiger partial charge in [0, 0.05) is 32.0 Å².